The Bertz CT molecular complexity index is 399. The van der Waals surface area contributed by atoms with Crippen molar-refractivity contribution in [3.8, 4) is 6.01 Å². The van der Waals surface area contributed by atoms with Gasteiger partial charge in [0.05, 0.1) is 5.56 Å². The lowest BCUT2D eigenvalue weighted by Crippen LogP contribution is -2.46. The summed E-state index contributed by atoms with van der Waals surface area (Å²) in [6, 6.07) is -1.12. The molecule has 0 saturated carbocycles. The van der Waals surface area contributed by atoms with Crippen molar-refractivity contribution in [2.24, 2.45) is 0 Å². The Morgan fingerprint density at radius 2 is 1.50 bits per heavy atom. The van der Waals surface area contributed by atoms with Crippen LogP contribution in [0.2, 0.25) is 0 Å². The zero-order valence-electron chi connectivity index (χ0n) is 8.29. The zero-order valence-corrected chi connectivity index (χ0v) is 8.29. The lowest BCUT2D eigenvalue weighted by atomic mass is 10.3. The first-order chi connectivity index (χ1) is 8.14. The van der Waals surface area contributed by atoms with Crippen LogP contribution < -0.4 is 4.74 Å². The molecule has 0 saturated heterocycles. The molecule has 0 atom stereocenters. The molecule has 0 aliphatic carbocycles. The van der Waals surface area contributed by atoms with Crippen molar-refractivity contribution >= 4 is 6.29 Å². The Hall–Kier alpha value is -1.87. The molecule has 0 amide bonds. The molecule has 1 rings (SSSR count). The molecule has 1 aromatic rings. The van der Waals surface area contributed by atoms with E-state index in [1.54, 1.807) is 0 Å². The van der Waals surface area contributed by atoms with E-state index in [9.17, 15) is 31.1 Å². The predicted octanol–water partition coefficient (Wildman–Crippen LogP) is 2.16. The Balaban J connectivity index is 2.93. The van der Waals surface area contributed by atoms with E-state index in [4.69, 9.17) is 0 Å². The molecular weight excluding hydrogens is 270 g/mol. The Kier molecular flexibility index (Phi) is 3.77. The van der Waals surface area contributed by atoms with Crippen molar-refractivity contribution in [3.63, 3.8) is 0 Å². The lowest BCUT2D eigenvalue weighted by Gasteiger charge is -2.22. The van der Waals surface area contributed by atoms with Crippen LogP contribution in [-0.4, -0.2) is 34.7 Å². The molecule has 18 heavy (non-hydrogen) atoms. The Morgan fingerprint density at radius 3 is 1.83 bits per heavy atom. The van der Waals surface area contributed by atoms with Crippen molar-refractivity contribution < 1.29 is 35.9 Å². The van der Waals surface area contributed by atoms with Gasteiger partial charge in [-0.15, -0.1) is 0 Å². The van der Waals surface area contributed by atoms with Gasteiger partial charge in [-0.3, -0.25) is 4.79 Å². The van der Waals surface area contributed by atoms with Crippen LogP contribution in [0.4, 0.5) is 26.3 Å². The summed E-state index contributed by atoms with van der Waals surface area (Å²) in [4.78, 5) is 16.3. The molecule has 0 aliphatic rings. The number of hydrogen-bond acceptors (Lipinski definition) is 4. The van der Waals surface area contributed by atoms with Crippen LogP contribution in [0, 0.1) is 0 Å². The number of carbonyl (C=O) groups is 1. The van der Waals surface area contributed by atoms with E-state index < -0.39 is 24.5 Å². The first kappa shape index (κ1) is 14.2. The van der Waals surface area contributed by atoms with Crippen LogP contribution in [0.1, 0.15) is 10.4 Å². The molecular formula is C8H4F6N2O2. The van der Waals surface area contributed by atoms with Gasteiger partial charge in [0.1, 0.15) is 0 Å². The van der Waals surface area contributed by atoms with Crippen LogP contribution >= 0.6 is 0 Å². The smallest absolute Gasteiger partial charge is 0.434 e. The van der Waals surface area contributed by atoms with Gasteiger partial charge in [-0.25, -0.2) is 9.97 Å². The first-order valence-corrected chi connectivity index (χ1v) is 4.22. The van der Waals surface area contributed by atoms with Crippen molar-refractivity contribution in [1.82, 2.24) is 9.97 Å². The van der Waals surface area contributed by atoms with Gasteiger partial charge in [0.15, 0.2) is 6.29 Å². The van der Waals surface area contributed by atoms with E-state index in [0.717, 1.165) is 12.4 Å². The topological polar surface area (TPSA) is 52.1 Å². The standard InChI is InChI=1S/C8H4F6N2O2/c9-7(10,11)5(8(12,13)14)18-6-15-1-4(3-17)2-16-6/h1-3,5H. The van der Waals surface area contributed by atoms with E-state index >= 15 is 0 Å². The third-order valence-corrected chi connectivity index (χ3v) is 1.60. The summed E-state index contributed by atoms with van der Waals surface area (Å²) in [7, 11) is 0. The van der Waals surface area contributed by atoms with Crippen molar-refractivity contribution in [3.05, 3.63) is 18.0 Å². The summed E-state index contributed by atoms with van der Waals surface area (Å²) >= 11 is 0. The average Bonchev–Trinajstić information content (AvgIpc) is 2.23. The number of halogens is 6. The van der Waals surface area contributed by atoms with Gasteiger partial charge in [0.25, 0.3) is 6.10 Å². The summed E-state index contributed by atoms with van der Waals surface area (Å²) < 4.78 is 76.2. The number of aldehydes is 1. The van der Waals surface area contributed by atoms with Gasteiger partial charge < -0.3 is 4.74 Å². The zero-order chi connectivity index (χ0) is 14.0. The fourth-order valence-electron chi connectivity index (χ4n) is 0.873. The van der Waals surface area contributed by atoms with Crippen molar-refractivity contribution in [2.75, 3.05) is 0 Å². The number of rotatable bonds is 3. The highest BCUT2D eigenvalue weighted by molar-refractivity contribution is 5.73. The maximum absolute atomic E-state index is 12.1. The van der Waals surface area contributed by atoms with Gasteiger partial charge in [0.2, 0.25) is 0 Å². The molecule has 0 bridgehead atoms. The number of hydrogen-bond donors (Lipinski definition) is 0. The van der Waals surface area contributed by atoms with E-state index in [1.165, 1.54) is 0 Å². The maximum atomic E-state index is 12.1. The largest absolute Gasteiger partial charge is 0.441 e. The van der Waals surface area contributed by atoms with Gasteiger partial charge in [-0.2, -0.15) is 26.3 Å². The second kappa shape index (κ2) is 4.78. The second-order valence-corrected chi connectivity index (χ2v) is 3.00. The number of aromatic nitrogens is 2. The highest BCUT2D eigenvalue weighted by Crippen LogP contribution is 2.35. The molecule has 0 fully saturated rings. The van der Waals surface area contributed by atoms with Crippen LogP contribution in [0.15, 0.2) is 12.4 Å². The molecule has 4 nitrogen and oxygen atoms in total. The quantitative estimate of drug-likeness (QED) is 0.626. The molecule has 0 radical (unpaired) electrons. The van der Waals surface area contributed by atoms with Gasteiger partial charge in [-0.05, 0) is 0 Å². The predicted molar refractivity (Wildman–Crippen MR) is 43.9 cm³/mol. The minimum atomic E-state index is -5.65. The van der Waals surface area contributed by atoms with Crippen LogP contribution in [0.3, 0.4) is 0 Å². The summed E-state index contributed by atoms with van der Waals surface area (Å²) in [5.74, 6) is 0. The molecule has 0 spiro atoms. The molecule has 0 aromatic carbocycles. The number of alkyl halides is 6. The molecule has 100 valence electrons. The van der Waals surface area contributed by atoms with Gasteiger partial charge in [0, 0.05) is 12.4 Å². The molecule has 10 heteroatoms. The number of nitrogens with zero attached hydrogens (tertiary/aromatic N) is 2. The van der Waals surface area contributed by atoms with Crippen molar-refractivity contribution in [2.45, 2.75) is 18.5 Å². The highest BCUT2D eigenvalue weighted by atomic mass is 19.4. The Labute approximate surface area is 95.6 Å². The average molecular weight is 274 g/mol. The Morgan fingerprint density at radius 1 is 1.06 bits per heavy atom. The molecule has 1 aromatic heterocycles. The van der Waals surface area contributed by atoms with Crippen molar-refractivity contribution in [1.29, 1.82) is 0 Å². The van der Waals surface area contributed by atoms with E-state index in [0.29, 0.717) is 0 Å². The molecule has 0 aliphatic heterocycles. The van der Waals surface area contributed by atoms with Crippen LogP contribution in [0.5, 0.6) is 6.01 Å². The SMILES string of the molecule is O=Cc1cnc(OC(C(F)(F)F)C(F)(F)F)nc1. The minimum Gasteiger partial charge on any atom is -0.441 e. The van der Waals surface area contributed by atoms with E-state index in [-0.39, 0.29) is 11.8 Å². The van der Waals surface area contributed by atoms with E-state index in [2.05, 4.69) is 14.7 Å². The summed E-state index contributed by atoms with van der Waals surface area (Å²) in [6.45, 7) is 0. The third kappa shape index (κ3) is 3.57. The highest BCUT2D eigenvalue weighted by Gasteiger charge is 2.59. The summed E-state index contributed by atoms with van der Waals surface area (Å²) in [5, 5.41) is 0. The molecule has 1 heterocycles. The second-order valence-electron chi connectivity index (χ2n) is 3.00. The number of carbonyl (C=O) groups excluding carboxylic acids is 1. The third-order valence-electron chi connectivity index (χ3n) is 1.60. The molecule has 0 unspecified atom stereocenters. The van der Waals surface area contributed by atoms with Crippen LogP contribution in [0.25, 0.3) is 0 Å². The lowest BCUT2D eigenvalue weighted by molar-refractivity contribution is -0.301. The van der Waals surface area contributed by atoms with Crippen LogP contribution in [-0.2, 0) is 0 Å². The maximum Gasteiger partial charge on any atom is 0.434 e. The first-order valence-electron chi connectivity index (χ1n) is 4.22. The normalized spacial score (nSPS) is 12.6. The minimum absolute atomic E-state index is 0.113. The summed E-state index contributed by atoms with van der Waals surface area (Å²) in [5.41, 5.74) is -0.113. The molecule has 0 N–H and O–H groups in total. The summed E-state index contributed by atoms with van der Waals surface area (Å²) in [6.07, 6.45) is -13.6. The number of ether oxygens (including phenoxy) is 1. The van der Waals surface area contributed by atoms with E-state index in [1.807, 2.05) is 0 Å². The van der Waals surface area contributed by atoms with Gasteiger partial charge >= 0.3 is 18.4 Å². The monoisotopic (exact) mass is 274 g/mol. The fraction of sp³-hybridized carbons (Fsp3) is 0.375. The van der Waals surface area contributed by atoms with Gasteiger partial charge in [-0.1, -0.05) is 0 Å². The fourth-order valence-corrected chi connectivity index (χ4v) is 0.873.